The Kier molecular flexibility index (Phi) is 3.16. The van der Waals surface area contributed by atoms with Crippen molar-refractivity contribution in [3.05, 3.63) is 41.9 Å². The third kappa shape index (κ3) is 2.27. The van der Waals surface area contributed by atoms with E-state index in [4.69, 9.17) is 10.7 Å². The number of fused-ring (bicyclic) bond motifs is 1. The number of nitrogen functional groups attached to an aromatic ring is 1. The first kappa shape index (κ1) is 13.6. The molecule has 1 aromatic carbocycles. The van der Waals surface area contributed by atoms with Gasteiger partial charge in [-0.05, 0) is 25.1 Å². The second kappa shape index (κ2) is 4.88. The summed E-state index contributed by atoms with van der Waals surface area (Å²) in [4.78, 5) is 9.25. The number of rotatable bonds is 2. The lowest BCUT2D eigenvalue weighted by Gasteiger charge is -2.04. The molecule has 0 aliphatic rings. The number of nitrogens with zero attached hydrogens (tertiary/aromatic N) is 3. The number of aryl methyl sites for hydroxylation is 1. The van der Waals surface area contributed by atoms with E-state index in [9.17, 15) is 0 Å². The first-order valence-electron chi connectivity index (χ1n) is 7.17. The average Bonchev–Trinajstić information content (AvgIpc) is 2.75. The molecule has 4 nitrogen and oxygen atoms in total. The van der Waals surface area contributed by atoms with Crippen LogP contribution in [0.25, 0.3) is 22.2 Å². The van der Waals surface area contributed by atoms with Gasteiger partial charge in [0.1, 0.15) is 17.3 Å². The quantitative estimate of drug-likeness (QED) is 0.779. The minimum absolute atomic E-state index is 0.343. The van der Waals surface area contributed by atoms with E-state index < -0.39 is 0 Å². The fourth-order valence-electron chi connectivity index (χ4n) is 2.63. The predicted molar refractivity (Wildman–Crippen MR) is 87.2 cm³/mol. The number of aromatic nitrogens is 3. The zero-order chi connectivity index (χ0) is 15.1. The molecule has 0 fully saturated rings. The Morgan fingerprint density at radius 2 is 1.86 bits per heavy atom. The highest BCUT2D eigenvalue weighted by atomic mass is 15.1. The van der Waals surface area contributed by atoms with Crippen molar-refractivity contribution in [3.8, 4) is 11.3 Å². The van der Waals surface area contributed by atoms with Gasteiger partial charge in [0.15, 0.2) is 0 Å². The first-order chi connectivity index (χ1) is 9.97. The minimum atomic E-state index is 0.343. The van der Waals surface area contributed by atoms with Gasteiger partial charge < -0.3 is 10.3 Å². The van der Waals surface area contributed by atoms with Crippen molar-refractivity contribution in [2.75, 3.05) is 5.73 Å². The fraction of sp³-hybridized carbons (Fsp3) is 0.294. The third-order valence-corrected chi connectivity index (χ3v) is 3.79. The van der Waals surface area contributed by atoms with Crippen LogP contribution in [0, 0.1) is 6.92 Å². The molecule has 2 heterocycles. The summed E-state index contributed by atoms with van der Waals surface area (Å²) in [6, 6.07) is 10.3. The second-order valence-electron chi connectivity index (χ2n) is 5.78. The Morgan fingerprint density at radius 3 is 2.52 bits per heavy atom. The Bertz CT molecular complexity index is 815. The minimum Gasteiger partial charge on any atom is -0.383 e. The zero-order valence-electron chi connectivity index (χ0n) is 12.9. The normalized spacial score (nSPS) is 11.5. The van der Waals surface area contributed by atoms with Crippen LogP contribution in [0.15, 0.2) is 30.3 Å². The van der Waals surface area contributed by atoms with E-state index in [-0.39, 0.29) is 0 Å². The van der Waals surface area contributed by atoms with Crippen LogP contribution in [0.3, 0.4) is 0 Å². The number of hydrogen-bond acceptors (Lipinski definition) is 3. The van der Waals surface area contributed by atoms with Gasteiger partial charge in [0.05, 0.1) is 5.52 Å². The van der Waals surface area contributed by atoms with Crippen LogP contribution in [0.2, 0.25) is 0 Å². The van der Waals surface area contributed by atoms with Gasteiger partial charge in [0.25, 0.3) is 0 Å². The van der Waals surface area contributed by atoms with E-state index in [0.717, 1.165) is 33.7 Å². The van der Waals surface area contributed by atoms with Crippen LogP contribution in [0.1, 0.15) is 31.3 Å². The van der Waals surface area contributed by atoms with Crippen molar-refractivity contribution in [2.24, 2.45) is 7.05 Å². The van der Waals surface area contributed by atoms with Gasteiger partial charge in [0, 0.05) is 29.6 Å². The lowest BCUT2D eigenvalue weighted by molar-refractivity contribution is 0.715. The summed E-state index contributed by atoms with van der Waals surface area (Å²) in [5.74, 6) is 2.05. The number of pyridine rings is 1. The van der Waals surface area contributed by atoms with Crippen LogP contribution in [0.5, 0.6) is 0 Å². The van der Waals surface area contributed by atoms with Gasteiger partial charge in [-0.25, -0.2) is 4.98 Å². The Morgan fingerprint density at radius 1 is 1.10 bits per heavy atom. The molecule has 21 heavy (non-hydrogen) atoms. The largest absolute Gasteiger partial charge is 0.383 e. The Labute approximate surface area is 124 Å². The van der Waals surface area contributed by atoms with Crippen LogP contribution in [-0.2, 0) is 7.05 Å². The number of benzene rings is 1. The van der Waals surface area contributed by atoms with E-state index in [1.54, 1.807) is 0 Å². The molecule has 108 valence electrons. The molecule has 0 saturated carbocycles. The highest BCUT2D eigenvalue weighted by Gasteiger charge is 2.16. The van der Waals surface area contributed by atoms with Gasteiger partial charge in [0.2, 0.25) is 0 Å². The Balaban J connectivity index is 2.16. The summed E-state index contributed by atoms with van der Waals surface area (Å²) >= 11 is 0. The summed E-state index contributed by atoms with van der Waals surface area (Å²) in [5.41, 5.74) is 10.1. The summed E-state index contributed by atoms with van der Waals surface area (Å²) in [6.07, 6.45) is 0. The maximum absolute atomic E-state index is 6.23. The van der Waals surface area contributed by atoms with Gasteiger partial charge in [-0.3, -0.25) is 4.98 Å². The summed E-state index contributed by atoms with van der Waals surface area (Å²) in [6.45, 7) is 6.25. The van der Waals surface area contributed by atoms with Gasteiger partial charge in [-0.1, -0.05) is 26.0 Å². The van der Waals surface area contributed by atoms with E-state index in [0.29, 0.717) is 11.7 Å². The molecule has 0 atom stereocenters. The van der Waals surface area contributed by atoms with Crippen molar-refractivity contribution < 1.29 is 0 Å². The zero-order valence-corrected chi connectivity index (χ0v) is 12.9. The van der Waals surface area contributed by atoms with Crippen molar-refractivity contribution >= 4 is 16.7 Å². The van der Waals surface area contributed by atoms with E-state index >= 15 is 0 Å². The number of hydrogen-bond donors (Lipinski definition) is 1. The fourth-order valence-corrected chi connectivity index (χ4v) is 2.63. The Hall–Kier alpha value is -2.36. The molecule has 0 amide bonds. The van der Waals surface area contributed by atoms with Crippen LogP contribution < -0.4 is 5.73 Å². The molecule has 0 spiro atoms. The highest BCUT2D eigenvalue weighted by molar-refractivity contribution is 5.85. The molecule has 0 unspecified atom stereocenters. The standard InChI is InChI=1S/C17H20N4/c1-10(2)17-20-15(16(18)21(17)4)13-7-8-14-12(9-13)6-5-11(3)19-14/h5-10H,18H2,1-4H3. The first-order valence-corrected chi connectivity index (χ1v) is 7.17. The van der Waals surface area contributed by atoms with E-state index in [1.807, 2.05) is 36.7 Å². The molecule has 2 aromatic heterocycles. The molecular formula is C17H20N4. The molecule has 3 rings (SSSR count). The predicted octanol–water partition coefficient (Wildman–Crippen LogP) is 3.65. The lowest BCUT2D eigenvalue weighted by Crippen LogP contribution is -2.02. The van der Waals surface area contributed by atoms with Crippen LogP contribution >= 0.6 is 0 Å². The molecule has 2 N–H and O–H groups in total. The summed E-state index contributed by atoms with van der Waals surface area (Å²) in [5, 5.41) is 1.11. The van der Waals surface area contributed by atoms with Crippen molar-refractivity contribution in [1.82, 2.24) is 14.5 Å². The summed E-state index contributed by atoms with van der Waals surface area (Å²) in [7, 11) is 1.97. The SMILES string of the molecule is Cc1ccc2cc(-c3nc(C(C)C)n(C)c3N)ccc2n1. The van der Waals surface area contributed by atoms with Gasteiger partial charge in [-0.15, -0.1) is 0 Å². The van der Waals surface area contributed by atoms with Crippen LogP contribution in [-0.4, -0.2) is 14.5 Å². The van der Waals surface area contributed by atoms with E-state index in [1.165, 1.54) is 0 Å². The molecule has 0 saturated heterocycles. The average molecular weight is 280 g/mol. The highest BCUT2D eigenvalue weighted by Crippen LogP contribution is 2.30. The lowest BCUT2D eigenvalue weighted by atomic mass is 10.1. The third-order valence-electron chi connectivity index (χ3n) is 3.79. The number of imidazole rings is 1. The molecule has 0 aliphatic heterocycles. The van der Waals surface area contributed by atoms with E-state index in [2.05, 4.69) is 31.0 Å². The number of anilines is 1. The maximum Gasteiger partial charge on any atom is 0.131 e. The molecule has 0 bridgehead atoms. The van der Waals surface area contributed by atoms with Gasteiger partial charge in [-0.2, -0.15) is 0 Å². The summed E-state index contributed by atoms with van der Waals surface area (Å²) < 4.78 is 1.97. The van der Waals surface area contributed by atoms with Crippen molar-refractivity contribution in [3.63, 3.8) is 0 Å². The maximum atomic E-state index is 6.23. The number of nitrogens with two attached hydrogens (primary N) is 1. The smallest absolute Gasteiger partial charge is 0.131 e. The topological polar surface area (TPSA) is 56.7 Å². The molecular weight excluding hydrogens is 260 g/mol. The van der Waals surface area contributed by atoms with Crippen molar-refractivity contribution in [1.29, 1.82) is 0 Å². The molecule has 0 radical (unpaired) electrons. The van der Waals surface area contributed by atoms with Gasteiger partial charge >= 0.3 is 0 Å². The molecule has 3 aromatic rings. The molecule has 4 heteroatoms. The molecule has 0 aliphatic carbocycles. The second-order valence-corrected chi connectivity index (χ2v) is 5.78. The monoisotopic (exact) mass is 280 g/mol. The van der Waals surface area contributed by atoms with Crippen molar-refractivity contribution in [2.45, 2.75) is 26.7 Å². The van der Waals surface area contributed by atoms with Crippen LogP contribution in [0.4, 0.5) is 5.82 Å².